The standard InChI is InChI=1S/C17H28N2/c1-15-6-7-17(14-16(15)2)8-9-18-10-13-19-11-4-3-5-12-19/h6-7,14,18H,3-5,8-13H2,1-2H3. The van der Waals surface area contributed by atoms with Crippen molar-refractivity contribution in [2.45, 2.75) is 39.5 Å². The number of piperidine rings is 1. The monoisotopic (exact) mass is 260 g/mol. The number of nitrogens with one attached hydrogen (secondary N) is 1. The van der Waals surface area contributed by atoms with Gasteiger partial charge in [0.05, 0.1) is 0 Å². The second-order valence-corrected chi connectivity index (χ2v) is 5.82. The fourth-order valence-corrected chi connectivity index (χ4v) is 2.74. The lowest BCUT2D eigenvalue weighted by Gasteiger charge is -2.26. The molecular weight excluding hydrogens is 232 g/mol. The molecule has 1 aromatic carbocycles. The van der Waals surface area contributed by atoms with E-state index in [1.165, 1.54) is 55.6 Å². The summed E-state index contributed by atoms with van der Waals surface area (Å²) in [7, 11) is 0. The number of benzene rings is 1. The highest BCUT2D eigenvalue weighted by atomic mass is 15.1. The Labute approximate surface area is 118 Å². The van der Waals surface area contributed by atoms with Crippen LogP contribution in [-0.2, 0) is 6.42 Å². The average Bonchev–Trinajstić information content (AvgIpc) is 2.43. The molecule has 0 atom stereocenters. The van der Waals surface area contributed by atoms with E-state index in [1.54, 1.807) is 0 Å². The van der Waals surface area contributed by atoms with Crippen molar-refractivity contribution in [3.05, 3.63) is 34.9 Å². The highest BCUT2D eigenvalue weighted by Gasteiger charge is 2.08. The molecule has 0 aromatic heterocycles. The number of rotatable bonds is 6. The van der Waals surface area contributed by atoms with Gasteiger partial charge in [-0.05, 0) is 69.4 Å². The first-order valence-electron chi connectivity index (χ1n) is 7.75. The number of nitrogens with zero attached hydrogens (tertiary/aromatic N) is 1. The third kappa shape index (κ3) is 4.96. The molecule has 1 N–H and O–H groups in total. The summed E-state index contributed by atoms with van der Waals surface area (Å²) < 4.78 is 0. The number of hydrogen-bond donors (Lipinski definition) is 1. The van der Waals surface area contributed by atoms with Crippen LogP contribution in [-0.4, -0.2) is 37.6 Å². The van der Waals surface area contributed by atoms with Gasteiger partial charge in [0.15, 0.2) is 0 Å². The Kier molecular flexibility index (Phi) is 5.87. The van der Waals surface area contributed by atoms with Gasteiger partial charge in [-0.15, -0.1) is 0 Å². The SMILES string of the molecule is Cc1ccc(CCNCCN2CCCCC2)cc1C. The van der Waals surface area contributed by atoms with E-state index < -0.39 is 0 Å². The Morgan fingerprint density at radius 2 is 1.79 bits per heavy atom. The van der Waals surface area contributed by atoms with E-state index in [9.17, 15) is 0 Å². The summed E-state index contributed by atoms with van der Waals surface area (Å²) in [4.78, 5) is 2.59. The zero-order valence-electron chi connectivity index (χ0n) is 12.5. The minimum Gasteiger partial charge on any atom is -0.315 e. The molecule has 2 nitrogen and oxygen atoms in total. The van der Waals surface area contributed by atoms with Gasteiger partial charge in [-0.3, -0.25) is 0 Å². The zero-order valence-corrected chi connectivity index (χ0v) is 12.5. The third-order valence-corrected chi connectivity index (χ3v) is 4.22. The predicted molar refractivity (Wildman–Crippen MR) is 82.8 cm³/mol. The van der Waals surface area contributed by atoms with Crippen molar-refractivity contribution in [3.63, 3.8) is 0 Å². The van der Waals surface area contributed by atoms with Gasteiger partial charge >= 0.3 is 0 Å². The molecule has 19 heavy (non-hydrogen) atoms. The molecule has 1 fully saturated rings. The Balaban J connectivity index is 1.59. The van der Waals surface area contributed by atoms with Gasteiger partial charge in [0.2, 0.25) is 0 Å². The van der Waals surface area contributed by atoms with E-state index >= 15 is 0 Å². The lowest BCUT2D eigenvalue weighted by atomic mass is 10.0. The van der Waals surface area contributed by atoms with Gasteiger partial charge in [0.1, 0.15) is 0 Å². The maximum atomic E-state index is 3.57. The summed E-state index contributed by atoms with van der Waals surface area (Å²) in [5, 5.41) is 3.57. The summed E-state index contributed by atoms with van der Waals surface area (Å²) in [5.74, 6) is 0. The largest absolute Gasteiger partial charge is 0.315 e. The first-order valence-corrected chi connectivity index (χ1v) is 7.75. The molecule has 1 heterocycles. The first kappa shape index (κ1) is 14.5. The lowest BCUT2D eigenvalue weighted by molar-refractivity contribution is 0.229. The van der Waals surface area contributed by atoms with Crippen LogP contribution in [0, 0.1) is 13.8 Å². The van der Waals surface area contributed by atoms with Crippen LogP contribution in [0.2, 0.25) is 0 Å². The van der Waals surface area contributed by atoms with E-state index in [1.807, 2.05) is 0 Å². The van der Waals surface area contributed by atoms with Crippen LogP contribution in [0.1, 0.15) is 36.0 Å². The van der Waals surface area contributed by atoms with Crippen molar-refractivity contribution in [3.8, 4) is 0 Å². The fourth-order valence-electron chi connectivity index (χ4n) is 2.74. The van der Waals surface area contributed by atoms with Gasteiger partial charge in [0, 0.05) is 13.1 Å². The van der Waals surface area contributed by atoms with E-state index in [2.05, 4.69) is 42.3 Å². The minimum absolute atomic E-state index is 1.09. The van der Waals surface area contributed by atoms with Crippen LogP contribution >= 0.6 is 0 Å². The average molecular weight is 260 g/mol. The molecule has 1 aliphatic heterocycles. The maximum absolute atomic E-state index is 3.57. The topological polar surface area (TPSA) is 15.3 Å². The highest BCUT2D eigenvalue weighted by molar-refractivity contribution is 5.29. The smallest absolute Gasteiger partial charge is 0.0107 e. The second kappa shape index (κ2) is 7.66. The molecule has 0 saturated carbocycles. The van der Waals surface area contributed by atoms with E-state index in [0.717, 1.165) is 19.5 Å². The molecular formula is C17H28N2. The molecule has 2 rings (SSSR count). The van der Waals surface area contributed by atoms with Gasteiger partial charge in [-0.2, -0.15) is 0 Å². The Morgan fingerprint density at radius 1 is 1.00 bits per heavy atom. The molecule has 0 bridgehead atoms. The summed E-state index contributed by atoms with van der Waals surface area (Å²) in [6.07, 6.45) is 5.35. The van der Waals surface area contributed by atoms with Gasteiger partial charge < -0.3 is 10.2 Å². The molecule has 0 radical (unpaired) electrons. The number of likely N-dealkylation sites (tertiary alicyclic amines) is 1. The van der Waals surface area contributed by atoms with E-state index in [0.29, 0.717) is 0 Å². The number of hydrogen-bond acceptors (Lipinski definition) is 2. The van der Waals surface area contributed by atoms with Gasteiger partial charge in [-0.25, -0.2) is 0 Å². The summed E-state index contributed by atoms with van der Waals surface area (Å²) >= 11 is 0. The molecule has 0 unspecified atom stereocenters. The number of aryl methyl sites for hydroxylation is 2. The maximum Gasteiger partial charge on any atom is 0.0107 e. The molecule has 1 aromatic rings. The van der Waals surface area contributed by atoms with E-state index in [4.69, 9.17) is 0 Å². The molecule has 106 valence electrons. The molecule has 0 aliphatic carbocycles. The Bertz CT molecular complexity index is 381. The van der Waals surface area contributed by atoms with Crippen LogP contribution in [0.15, 0.2) is 18.2 Å². The van der Waals surface area contributed by atoms with Crippen LogP contribution in [0.25, 0.3) is 0 Å². The fraction of sp³-hybridized carbons (Fsp3) is 0.647. The third-order valence-electron chi connectivity index (χ3n) is 4.22. The molecule has 0 amide bonds. The lowest BCUT2D eigenvalue weighted by Crippen LogP contribution is -2.36. The summed E-state index contributed by atoms with van der Waals surface area (Å²) in [5.41, 5.74) is 4.25. The van der Waals surface area contributed by atoms with Crippen molar-refractivity contribution >= 4 is 0 Å². The van der Waals surface area contributed by atoms with Crippen LogP contribution in [0.3, 0.4) is 0 Å². The first-order chi connectivity index (χ1) is 9.25. The zero-order chi connectivity index (χ0) is 13.5. The van der Waals surface area contributed by atoms with Crippen molar-refractivity contribution in [2.24, 2.45) is 0 Å². The van der Waals surface area contributed by atoms with Crippen LogP contribution < -0.4 is 5.32 Å². The Hall–Kier alpha value is -0.860. The normalized spacial score (nSPS) is 16.7. The Morgan fingerprint density at radius 3 is 2.53 bits per heavy atom. The van der Waals surface area contributed by atoms with Gasteiger partial charge in [-0.1, -0.05) is 24.6 Å². The summed E-state index contributed by atoms with van der Waals surface area (Å²) in [6.45, 7) is 10.4. The highest BCUT2D eigenvalue weighted by Crippen LogP contribution is 2.10. The molecule has 0 spiro atoms. The molecule has 1 saturated heterocycles. The second-order valence-electron chi connectivity index (χ2n) is 5.82. The molecule has 2 heteroatoms. The van der Waals surface area contributed by atoms with Crippen molar-refractivity contribution in [1.29, 1.82) is 0 Å². The van der Waals surface area contributed by atoms with Crippen molar-refractivity contribution in [2.75, 3.05) is 32.7 Å². The summed E-state index contributed by atoms with van der Waals surface area (Å²) in [6, 6.07) is 6.81. The quantitative estimate of drug-likeness (QED) is 0.791. The van der Waals surface area contributed by atoms with Crippen molar-refractivity contribution < 1.29 is 0 Å². The van der Waals surface area contributed by atoms with E-state index in [-0.39, 0.29) is 0 Å². The van der Waals surface area contributed by atoms with Crippen LogP contribution in [0.5, 0.6) is 0 Å². The minimum atomic E-state index is 1.09. The van der Waals surface area contributed by atoms with Gasteiger partial charge in [0.25, 0.3) is 0 Å². The predicted octanol–water partition coefficient (Wildman–Crippen LogP) is 2.92. The van der Waals surface area contributed by atoms with Crippen molar-refractivity contribution in [1.82, 2.24) is 10.2 Å². The molecule has 1 aliphatic rings. The van der Waals surface area contributed by atoms with Crippen LogP contribution in [0.4, 0.5) is 0 Å².